The molecule has 0 saturated heterocycles. The Bertz CT molecular complexity index is 875. The summed E-state index contributed by atoms with van der Waals surface area (Å²) < 4.78 is 0.876. The Balaban J connectivity index is 1.86. The maximum absolute atomic E-state index is 12.3. The lowest BCUT2D eigenvalue weighted by atomic mass is 9.99. The van der Waals surface area contributed by atoms with Crippen LogP contribution in [0, 0.1) is 13.8 Å². The Morgan fingerprint density at radius 1 is 1.17 bits per heavy atom. The summed E-state index contributed by atoms with van der Waals surface area (Å²) in [4.78, 5) is 21.1. The Labute approximate surface area is 143 Å². The zero-order chi connectivity index (χ0) is 16.4. The number of amides is 1. The lowest BCUT2D eigenvalue weighted by molar-refractivity contribution is -0.115. The minimum absolute atomic E-state index is 0.0943. The molecule has 4 nitrogen and oxygen atoms in total. The molecule has 1 N–H and O–H groups in total. The molecule has 23 heavy (non-hydrogen) atoms. The number of anilines is 1. The van der Waals surface area contributed by atoms with Crippen LogP contribution >= 0.6 is 15.9 Å². The second-order valence-corrected chi connectivity index (χ2v) is 6.32. The molecule has 0 aliphatic carbocycles. The zero-order valence-corrected chi connectivity index (χ0v) is 14.5. The number of fused-ring (bicyclic) bond motifs is 1. The molecule has 1 amide bonds. The van der Waals surface area contributed by atoms with Crippen molar-refractivity contribution in [2.45, 2.75) is 20.3 Å². The first-order valence-corrected chi connectivity index (χ1v) is 8.10. The van der Waals surface area contributed by atoms with E-state index in [1.165, 1.54) is 0 Å². The van der Waals surface area contributed by atoms with Crippen LogP contribution in [0.2, 0.25) is 0 Å². The molecular weight excluding hydrogens is 354 g/mol. The number of carbonyl (C=O) groups is 1. The van der Waals surface area contributed by atoms with Crippen molar-refractivity contribution in [3.05, 3.63) is 63.9 Å². The largest absolute Gasteiger partial charge is 0.310 e. The Hall–Kier alpha value is -2.27. The summed E-state index contributed by atoms with van der Waals surface area (Å²) in [5.41, 5.74) is 3.92. The number of pyridine rings is 2. The Morgan fingerprint density at radius 2 is 1.96 bits per heavy atom. The van der Waals surface area contributed by atoms with Crippen molar-refractivity contribution in [1.82, 2.24) is 9.97 Å². The van der Waals surface area contributed by atoms with Gasteiger partial charge in [0, 0.05) is 21.7 Å². The minimum Gasteiger partial charge on any atom is -0.310 e. The van der Waals surface area contributed by atoms with Crippen LogP contribution in [0.15, 0.2) is 47.1 Å². The van der Waals surface area contributed by atoms with Gasteiger partial charge in [0.15, 0.2) is 0 Å². The third-order valence-corrected chi connectivity index (χ3v) is 4.29. The lowest BCUT2D eigenvalue weighted by Crippen LogP contribution is -2.17. The predicted molar refractivity (Wildman–Crippen MR) is 95.5 cm³/mol. The Kier molecular flexibility index (Phi) is 4.39. The number of nitrogens with one attached hydrogen (secondary N) is 1. The van der Waals surface area contributed by atoms with Crippen molar-refractivity contribution in [2.75, 3.05) is 5.32 Å². The number of carbonyl (C=O) groups excluding carboxylic acids is 1. The summed E-state index contributed by atoms with van der Waals surface area (Å²) in [5, 5.41) is 3.91. The highest BCUT2D eigenvalue weighted by molar-refractivity contribution is 9.10. The van der Waals surface area contributed by atoms with E-state index in [1.54, 1.807) is 12.3 Å². The fourth-order valence-corrected chi connectivity index (χ4v) is 2.86. The second-order valence-electron chi connectivity index (χ2n) is 5.40. The minimum atomic E-state index is -0.0943. The number of halogens is 1. The van der Waals surface area contributed by atoms with Crippen LogP contribution in [0.3, 0.4) is 0 Å². The molecule has 0 spiro atoms. The third kappa shape index (κ3) is 3.40. The highest BCUT2D eigenvalue weighted by Gasteiger charge is 2.13. The molecule has 0 aliphatic rings. The van der Waals surface area contributed by atoms with Gasteiger partial charge in [-0.1, -0.05) is 18.2 Å². The number of rotatable bonds is 3. The quantitative estimate of drug-likeness (QED) is 0.752. The van der Waals surface area contributed by atoms with E-state index >= 15 is 0 Å². The average Bonchev–Trinajstić information content (AvgIpc) is 2.54. The summed E-state index contributed by atoms with van der Waals surface area (Å²) in [7, 11) is 0. The van der Waals surface area contributed by atoms with Crippen LogP contribution in [0.4, 0.5) is 5.82 Å². The summed E-state index contributed by atoms with van der Waals surface area (Å²) in [6.45, 7) is 3.98. The molecule has 0 fully saturated rings. The van der Waals surface area contributed by atoms with E-state index in [1.807, 2.05) is 44.2 Å². The lowest BCUT2D eigenvalue weighted by Gasteiger charge is -2.12. The van der Waals surface area contributed by atoms with Crippen molar-refractivity contribution in [3.63, 3.8) is 0 Å². The molecule has 116 valence electrons. The summed E-state index contributed by atoms with van der Waals surface area (Å²) in [5.74, 6) is 0.449. The predicted octanol–water partition coefficient (Wildman–Crippen LogP) is 4.19. The SMILES string of the molecule is Cc1nc2ccccc2c(C)c1CC(=O)Nc1ccc(Br)cn1. The zero-order valence-electron chi connectivity index (χ0n) is 12.9. The van der Waals surface area contributed by atoms with Gasteiger partial charge in [-0.3, -0.25) is 9.78 Å². The molecule has 2 aromatic heterocycles. The van der Waals surface area contributed by atoms with Crippen molar-refractivity contribution in [1.29, 1.82) is 0 Å². The van der Waals surface area contributed by atoms with Crippen LogP contribution in [-0.4, -0.2) is 15.9 Å². The second kappa shape index (κ2) is 6.46. The van der Waals surface area contributed by atoms with Crippen LogP contribution in [0.25, 0.3) is 10.9 Å². The van der Waals surface area contributed by atoms with E-state index in [2.05, 4.69) is 31.2 Å². The van der Waals surface area contributed by atoms with Crippen molar-refractivity contribution >= 4 is 38.6 Å². The van der Waals surface area contributed by atoms with Gasteiger partial charge in [0.2, 0.25) is 5.91 Å². The molecule has 0 bridgehead atoms. The molecule has 0 saturated carbocycles. The van der Waals surface area contributed by atoms with Gasteiger partial charge in [0.05, 0.1) is 11.9 Å². The highest BCUT2D eigenvalue weighted by Crippen LogP contribution is 2.23. The number of aryl methyl sites for hydroxylation is 2. The van der Waals surface area contributed by atoms with E-state index in [9.17, 15) is 4.79 Å². The van der Waals surface area contributed by atoms with Crippen LogP contribution in [-0.2, 0) is 11.2 Å². The first-order chi connectivity index (χ1) is 11.0. The fraction of sp³-hybridized carbons (Fsp3) is 0.167. The third-order valence-electron chi connectivity index (χ3n) is 3.82. The maximum atomic E-state index is 12.3. The van der Waals surface area contributed by atoms with Gasteiger partial charge in [-0.25, -0.2) is 4.98 Å². The van der Waals surface area contributed by atoms with Gasteiger partial charge in [-0.05, 0) is 59.1 Å². The number of hydrogen-bond donors (Lipinski definition) is 1. The first-order valence-electron chi connectivity index (χ1n) is 7.31. The van der Waals surface area contributed by atoms with E-state index in [0.29, 0.717) is 5.82 Å². The van der Waals surface area contributed by atoms with Crippen molar-refractivity contribution in [2.24, 2.45) is 0 Å². The molecule has 1 aromatic carbocycles. The van der Waals surface area contributed by atoms with Gasteiger partial charge in [0.25, 0.3) is 0 Å². The molecule has 0 radical (unpaired) electrons. The standard InChI is InChI=1S/C18H16BrN3O/c1-11-14-5-3-4-6-16(14)21-12(2)15(11)9-18(23)22-17-8-7-13(19)10-20-17/h3-8,10H,9H2,1-2H3,(H,20,22,23). The molecule has 0 aliphatic heterocycles. The van der Waals surface area contributed by atoms with Crippen LogP contribution < -0.4 is 5.32 Å². The fourth-order valence-electron chi connectivity index (χ4n) is 2.63. The molecule has 0 unspecified atom stereocenters. The van der Waals surface area contributed by atoms with E-state index in [0.717, 1.165) is 32.2 Å². The van der Waals surface area contributed by atoms with E-state index in [-0.39, 0.29) is 12.3 Å². The number of hydrogen-bond acceptors (Lipinski definition) is 3. The smallest absolute Gasteiger partial charge is 0.230 e. The molecule has 0 atom stereocenters. The summed E-state index contributed by atoms with van der Waals surface area (Å²) in [6.07, 6.45) is 1.94. The molecule has 2 heterocycles. The highest BCUT2D eigenvalue weighted by atomic mass is 79.9. The van der Waals surface area contributed by atoms with Gasteiger partial charge in [-0.2, -0.15) is 0 Å². The van der Waals surface area contributed by atoms with Gasteiger partial charge in [-0.15, -0.1) is 0 Å². The van der Waals surface area contributed by atoms with E-state index < -0.39 is 0 Å². The van der Waals surface area contributed by atoms with Gasteiger partial charge < -0.3 is 5.32 Å². The first kappa shape index (κ1) is 15.6. The number of aromatic nitrogens is 2. The Morgan fingerprint density at radius 3 is 2.70 bits per heavy atom. The van der Waals surface area contributed by atoms with Crippen LogP contribution in [0.1, 0.15) is 16.8 Å². The maximum Gasteiger partial charge on any atom is 0.230 e. The van der Waals surface area contributed by atoms with Crippen LogP contribution in [0.5, 0.6) is 0 Å². The van der Waals surface area contributed by atoms with Gasteiger partial charge in [0.1, 0.15) is 5.82 Å². The topological polar surface area (TPSA) is 54.9 Å². The average molecular weight is 370 g/mol. The van der Waals surface area contributed by atoms with E-state index in [4.69, 9.17) is 0 Å². The van der Waals surface area contributed by atoms with Crippen molar-refractivity contribution in [3.8, 4) is 0 Å². The monoisotopic (exact) mass is 369 g/mol. The number of benzene rings is 1. The number of nitrogens with zero attached hydrogens (tertiary/aromatic N) is 2. The van der Waals surface area contributed by atoms with Gasteiger partial charge >= 0.3 is 0 Å². The van der Waals surface area contributed by atoms with Crippen molar-refractivity contribution < 1.29 is 4.79 Å². The molecular formula is C18H16BrN3O. The number of para-hydroxylation sites is 1. The molecule has 3 rings (SSSR count). The molecule has 5 heteroatoms. The normalized spacial score (nSPS) is 10.7. The summed E-state index contributed by atoms with van der Waals surface area (Å²) >= 11 is 3.32. The summed E-state index contributed by atoms with van der Waals surface area (Å²) in [6, 6.07) is 11.6. The molecule has 3 aromatic rings.